The lowest BCUT2D eigenvalue weighted by atomic mass is 10.1. The van der Waals surface area contributed by atoms with Crippen LogP contribution >= 0.6 is 0 Å². The Labute approximate surface area is 100 Å². The first kappa shape index (κ1) is 11.3. The van der Waals surface area contributed by atoms with Gasteiger partial charge in [0.2, 0.25) is 0 Å². The highest BCUT2D eigenvalue weighted by molar-refractivity contribution is 6.06. The van der Waals surface area contributed by atoms with Gasteiger partial charge in [-0.15, -0.1) is 6.42 Å². The minimum atomic E-state index is -0.647. The van der Waals surface area contributed by atoms with Crippen LogP contribution in [0.25, 0.3) is 10.9 Å². The summed E-state index contributed by atoms with van der Waals surface area (Å²) in [5.41, 5.74) is 0.792. The first-order valence-corrected chi connectivity index (χ1v) is 5.40. The third-order valence-corrected chi connectivity index (χ3v) is 2.62. The van der Waals surface area contributed by atoms with E-state index in [-0.39, 0.29) is 5.91 Å². The molecule has 0 saturated carbocycles. The molecule has 0 atom stereocenters. The van der Waals surface area contributed by atoms with Crippen LogP contribution in [0.5, 0.6) is 0 Å². The summed E-state index contributed by atoms with van der Waals surface area (Å²) >= 11 is 0. The van der Waals surface area contributed by atoms with E-state index in [4.69, 9.17) is 6.42 Å². The Morgan fingerprint density at radius 3 is 2.88 bits per heavy atom. The van der Waals surface area contributed by atoms with Gasteiger partial charge in [-0.2, -0.15) is 0 Å². The zero-order valence-corrected chi connectivity index (χ0v) is 9.87. The smallest absolute Gasteiger partial charge is 0.254 e. The molecule has 2 aromatic rings. The number of rotatable bonds is 2. The van der Waals surface area contributed by atoms with Gasteiger partial charge in [0.05, 0.1) is 16.6 Å². The summed E-state index contributed by atoms with van der Waals surface area (Å²) in [6.07, 6.45) is 7.17. The predicted molar refractivity (Wildman–Crippen MR) is 68.7 cm³/mol. The molecule has 2 rings (SSSR count). The van der Waals surface area contributed by atoms with E-state index in [0.29, 0.717) is 5.56 Å². The number of amides is 1. The number of para-hydroxylation sites is 1. The number of H-pyrrole nitrogens is 1. The van der Waals surface area contributed by atoms with Crippen molar-refractivity contribution in [3.8, 4) is 12.3 Å². The summed E-state index contributed by atoms with van der Waals surface area (Å²) in [5, 5.41) is 3.82. The molecule has 0 bridgehead atoms. The van der Waals surface area contributed by atoms with Crippen molar-refractivity contribution < 1.29 is 4.79 Å². The van der Waals surface area contributed by atoms with Gasteiger partial charge in [-0.25, -0.2) is 0 Å². The summed E-state index contributed by atoms with van der Waals surface area (Å²) in [6.45, 7) is 3.58. The first-order chi connectivity index (χ1) is 8.03. The highest BCUT2D eigenvalue weighted by Gasteiger charge is 2.19. The van der Waals surface area contributed by atoms with Gasteiger partial charge in [0.15, 0.2) is 0 Å². The Bertz CT molecular complexity index is 602. The largest absolute Gasteiger partial charge is 0.361 e. The van der Waals surface area contributed by atoms with Gasteiger partial charge in [-0.05, 0) is 26.0 Å². The quantitative estimate of drug-likeness (QED) is 0.758. The van der Waals surface area contributed by atoms with E-state index in [9.17, 15) is 4.79 Å². The SMILES string of the molecule is C#CC(C)(C)NC(=O)c1cccc2cc[nH]c12. The van der Waals surface area contributed by atoms with Gasteiger partial charge in [-0.1, -0.05) is 18.1 Å². The Morgan fingerprint density at radius 1 is 1.41 bits per heavy atom. The number of benzene rings is 1. The molecule has 0 spiro atoms. The molecule has 0 radical (unpaired) electrons. The van der Waals surface area contributed by atoms with Crippen LogP contribution in [0.3, 0.4) is 0 Å². The minimum Gasteiger partial charge on any atom is -0.361 e. The van der Waals surface area contributed by atoms with Crippen molar-refractivity contribution in [1.29, 1.82) is 0 Å². The Hall–Kier alpha value is -2.21. The van der Waals surface area contributed by atoms with E-state index in [0.717, 1.165) is 10.9 Å². The summed E-state index contributed by atoms with van der Waals surface area (Å²) < 4.78 is 0. The molecule has 0 aliphatic rings. The molecule has 3 heteroatoms. The van der Waals surface area contributed by atoms with E-state index in [1.54, 1.807) is 19.9 Å². The number of hydrogen-bond acceptors (Lipinski definition) is 1. The lowest BCUT2D eigenvalue weighted by Crippen LogP contribution is -2.42. The second-order valence-corrected chi connectivity index (χ2v) is 4.47. The second kappa shape index (κ2) is 3.99. The molecule has 0 aliphatic heterocycles. The predicted octanol–water partition coefficient (Wildman–Crippen LogP) is 2.31. The summed E-state index contributed by atoms with van der Waals surface area (Å²) in [7, 11) is 0. The topological polar surface area (TPSA) is 44.9 Å². The molecule has 1 heterocycles. The highest BCUT2D eigenvalue weighted by Crippen LogP contribution is 2.17. The maximum absolute atomic E-state index is 12.1. The third kappa shape index (κ3) is 2.16. The zero-order valence-electron chi connectivity index (χ0n) is 9.87. The van der Waals surface area contributed by atoms with Crippen molar-refractivity contribution in [2.75, 3.05) is 0 Å². The standard InChI is InChI=1S/C14H14N2O/c1-4-14(2,3)16-13(17)11-7-5-6-10-8-9-15-12(10)11/h1,5-9,15H,2-3H3,(H,16,17). The molecule has 2 N–H and O–H groups in total. The number of carbonyl (C=O) groups is 1. The number of terminal acetylenes is 1. The van der Waals surface area contributed by atoms with Crippen molar-refractivity contribution >= 4 is 16.8 Å². The monoisotopic (exact) mass is 226 g/mol. The number of nitrogens with one attached hydrogen (secondary N) is 2. The second-order valence-electron chi connectivity index (χ2n) is 4.47. The van der Waals surface area contributed by atoms with Crippen LogP contribution in [0.2, 0.25) is 0 Å². The maximum Gasteiger partial charge on any atom is 0.254 e. The van der Waals surface area contributed by atoms with Crippen molar-refractivity contribution in [3.05, 3.63) is 36.0 Å². The number of hydrogen-bond donors (Lipinski definition) is 2. The maximum atomic E-state index is 12.1. The summed E-state index contributed by atoms with van der Waals surface area (Å²) in [6, 6.07) is 7.52. The lowest BCUT2D eigenvalue weighted by molar-refractivity contribution is 0.0931. The van der Waals surface area contributed by atoms with Crippen LogP contribution in [0.15, 0.2) is 30.5 Å². The number of aromatic amines is 1. The zero-order chi connectivity index (χ0) is 12.5. The van der Waals surface area contributed by atoms with Crippen LogP contribution in [0, 0.1) is 12.3 Å². The Morgan fingerprint density at radius 2 is 2.18 bits per heavy atom. The van der Waals surface area contributed by atoms with Crippen LogP contribution in [-0.2, 0) is 0 Å². The molecule has 1 aromatic carbocycles. The molecule has 0 saturated heterocycles. The van der Waals surface area contributed by atoms with Crippen molar-refractivity contribution in [3.63, 3.8) is 0 Å². The molecule has 0 unspecified atom stereocenters. The van der Waals surface area contributed by atoms with E-state index in [2.05, 4.69) is 16.2 Å². The van der Waals surface area contributed by atoms with Crippen LogP contribution in [0.1, 0.15) is 24.2 Å². The number of carbonyl (C=O) groups excluding carboxylic acids is 1. The summed E-state index contributed by atoms with van der Waals surface area (Å²) in [4.78, 5) is 15.2. The van der Waals surface area contributed by atoms with Crippen molar-refractivity contribution in [1.82, 2.24) is 10.3 Å². The van der Waals surface area contributed by atoms with Gasteiger partial charge in [-0.3, -0.25) is 4.79 Å². The fraction of sp³-hybridized carbons (Fsp3) is 0.214. The lowest BCUT2D eigenvalue weighted by Gasteiger charge is -2.19. The molecule has 86 valence electrons. The number of aromatic nitrogens is 1. The molecule has 3 nitrogen and oxygen atoms in total. The molecular weight excluding hydrogens is 212 g/mol. The number of fused-ring (bicyclic) bond motifs is 1. The fourth-order valence-corrected chi connectivity index (χ4v) is 1.66. The molecule has 0 fully saturated rings. The molecular formula is C14H14N2O. The van der Waals surface area contributed by atoms with Gasteiger partial charge in [0, 0.05) is 11.6 Å². The molecule has 1 amide bonds. The normalized spacial score (nSPS) is 11.1. The fourth-order valence-electron chi connectivity index (χ4n) is 1.66. The van der Waals surface area contributed by atoms with E-state index >= 15 is 0 Å². The van der Waals surface area contributed by atoms with E-state index in [1.807, 2.05) is 24.4 Å². The van der Waals surface area contributed by atoms with Gasteiger partial charge in [0.25, 0.3) is 5.91 Å². The summed E-state index contributed by atoms with van der Waals surface area (Å²) in [5.74, 6) is 2.38. The van der Waals surface area contributed by atoms with E-state index < -0.39 is 5.54 Å². The Balaban J connectivity index is 2.38. The molecule has 0 aliphatic carbocycles. The van der Waals surface area contributed by atoms with Crippen LogP contribution < -0.4 is 5.32 Å². The minimum absolute atomic E-state index is 0.166. The van der Waals surface area contributed by atoms with Crippen LogP contribution in [-0.4, -0.2) is 16.4 Å². The molecule has 17 heavy (non-hydrogen) atoms. The Kier molecular flexibility index (Phi) is 2.64. The molecule has 1 aromatic heterocycles. The highest BCUT2D eigenvalue weighted by atomic mass is 16.1. The van der Waals surface area contributed by atoms with Crippen LogP contribution in [0.4, 0.5) is 0 Å². The van der Waals surface area contributed by atoms with Gasteiger partial charge >= 0.3 is 0 Å². The average molecular weight is 226 g/mol. The van der Waals surface area contributed by atoms with E-state index in [1.165, 1.54) is 0 Å². The average Bonchev–Trinajstić information content (AvgIpc) is 2.76. The van der Waals surface area contributed by atoms with Crippen molar-refractivity contribution in [2.24, 2.45) is 0 Å². The third-order valence-electron chi connectivity index (χ3n) is 2.62. The van der Waals surface area contributed by atoms with Crippen molar-refractivity contribution in [2.45, 2.75) is 19.4 Å². The van der Waals surface area contributed by atoms with Gasteiger partial charge in [0.1, 0.15) is 0 Å². The van der Waals surface area contributed by atoms with Gasteiger partial charge < -0.3 is 10.3 Å². The first-order valence-electron chi connectivity index (χ1n) is 5.40.